The van der Waals surface area contributed by atoms with Gasteiger partial charge in [0.2, 0.25) is 5.91 Å². The SMILES string of the molecule is C=CCNC(=O)C(C)Nc1ccc(OC)c(Oc2ccc(OC)cc2)c1. The molecule has 0 aromatic heterocycles. The van der Waals surface area contributed by atoms with Crippen LogP contribution in [0.1, 0.15) is 6.92 Å². The van der Waals surface area contributed by atoms with Crippen molar-refractivity contribution >= 4 is 11.6 Å². The lowest BCUT2D eigenvalue weighted by molar-refractivity contribution is -0.121. The van der Waals surface area contributed by atoms with E-state index in [9.17, 15) is 4.79 Å². The second-order valence-electron chi connectivity index (χ2n) is 5.54. The lowest BCUT2D eigenvalue weighted by Gasteiger charge is -2.17. The van der Waals surface area contributed by atoms with Gasteiger partial charge in [0.05, 0.1) is 14.2 Å². The summed E-state index contributed by atoms with van der Waals surface area (Å²) in [5.41, 5.74) is 0.746. The van der Waals surface area contributed by atoms with Gasteiger partial charge in [0.1, 0.15) is 17.5 Å². The zero-order chi connectivity index (χ0) is 18.9. The van der Waals surface area contributed by atoms with E-state index in [1.807, 2.05) is 30.3 Å². The van der Waals surface area contributed by atoms with Crippen molar-refractivity contribution in [3.63, 3.8) is 0 Å². The summed E-state index contributed by atoms with van der Waals surface area (Å²) < 4.78 is 16.4. The first-order chi connectivity index (χ1) is 12.6. The summed E-state index contributed by atoms with van der Waals surface area (Å²) in [6.07, 6.45) is 1.64. The first-order valence-corrected chi connectivity index (χ1v) is 8.22. The third-order valence-electron chi connectivity index (χ3n) is 3.65. The van der Waals surface area contributed by atoms with E-state index in [0.717, 1.165) is 11.4 Å². The number of rotatable bonds is 9. The van der Waals surface area contributed by atoms with E-state index in [1.165, 1.54) is 0 Å². The molecule has 2 N–H and O–H groups in total. The number of amides is 1. The van der Waals surface area contributed by atoms with E-state index in [-0.39, 0.29) is 5.91 Å². The quantitative estimate of drug-likeness (QED) is 0.672. The number of nitrogens with one attached hydrogen (secondary N) is 2. The number of benzene rings is 2. The second-order valence-corrected chi connectivity index (χ2v) is 5.54. The molecule has 0 aliphatic heterocycles. The fourth-order valence-electron chi connectivity index (χ4n) is 2.26. The highest BCUT2D eigenvalue weighted by Gasteiger charge is 2.13. The lowest BCUT2D eigenvalue weighted by atomic mass is 10.2. The van der Waals surface area contributed by atoms with Crippen LogP contribution in [0, 0.1) is 0 Å². The molecule has 0 fully saturated rings. The van der Waals surface area contributed by atoms with Crippen LogP contribution in [0.2, 0.25) is 0 Å². The summed E-state index contributed by atoms with van der Waals surface area (Å²) in [6, 6.07) is 12.3. The Bertz CT molecular complexity index is 744. The van der Waals surface area contributed by atoms with Crippen molar-refractivity contribution in [1.82, 2.24) is 5.32 Å². The molecule has 0 radical (unpaired) electrons. The van der Waals surface area contributed by atoms with Crippen LogP contribution in [0.4, 0.5) is 5.69 Å². The third kappa shape index (κ3) is 5.17. The van der Waals surface area contributed by atoms with Crippen LogP contribution in [0.25, 0.3) is 0 Å². The van der Waals surface area contributed by atoms with Gasteiger partial charge in [-0.2, -0.15) is 0 Å². The minimum Gasteiger partial charge on any atom is -0.497 e. The average Bonchev–Trinajstić information content (AvgIpc) is 2.67. The number of carbonyl (C=O) groups excluding carboxylic acids is 1. The van der Waals surface area contributed by atoms with Gasteiger partial charge in [-0.25, -0.2) is 0 Å². The predicted octanol–water partition coefficient (Wildman–Crippen LogP) is 3.60. The molecule has 1 atom stereocenters. The normalized spacial score (nSPS) is 11.2. The molecule has 0 bridgehead atoms. The molecule has 0 saturated heterocycles. The Morgan fingerprint density at radius 2 is 1.77 bits per heavy atom. The zero-order valence-electron chi connectivity index (χ0n) is 15.2. The van der Waals surface area contributed by atoms with Crippen molar-refractivity contribution in [2.45, 2.75) is 13.0 Å². The van der Waals surface area contributed by atoms with Crippen molar-refractivity contribution in [1.29, 1.82) is 0 Å². The molecule has 26 heavy (non-hydrogen) atoms. The van der Waals surface area contributed by atoms with Crippen LogP contribution < -0.4 is 24.8 Å². The van der Waals surface area contributed by atoms with Crippen molar-refractivity contribution in [3.05, 3.63) is 55.1 Å². The maximum atomic E-state index is 12.0. The monoisotopic (exact) mass is 356 g/mol. The average molecular weight is 356 g/mol. The fourth-order valence-corrected chi connectivity index (χ4v) is 2.26. The van der Waals surface area contributed by atoms with Crippen LogP contribution >= 0.6 is 0 Å². The first kappa shape index (κ1) is 19.2. The smallest absolute Gasteiger partial charge is 0.242 e. The zero-order valence-corrected chi connectivity index (χ0v) is 15.2. The van der Waals surface area contributed by atoms with Crippen LogP contribution in [0.15, 0.2) is 55.1 Å². The molecular weight excluding hydrogens is 332 g/mol. The number of hydrogen-bond donors (Lipinski definition) is 2. The van der Waals surface area contributed by atoms with E-state index in [2.05, 4.69) is 17.2 Å². The van der Waals surface area contributed by atoms with E-state index >= 15 is 0 Å². The number of anilines is 1. The van der Waals surface area contributed by atoms with Crippen molar-refractivity contribution in [2.24, 2.45) is 0 Å². The molecule has 138 valence electrons. The van der Waals surface area contributed by atoms with Crippen LogP contribution in [-0.4, -0.2) is 32.7 Å². The number of hydrogen-bond acceptors (Lipinski definition) is 5. The molecule has 0 saturated carbocycles. The summed E-state index contributed by atoms with van der Waals surface area (Å²) in [4.78, 5) is 12.0. The number of ether oxygens (including phenoxy) is 3. The Kier molecular flexibility index (Phi) is 6.91. The number of carbonyl (C=O) groups is 1. The maximum Gasteiger partial charge on any atom is 0.242 e. The highest BCUT2D eigenvalue weighted by atomic mass is 16.5. The van der Waals surface area contributed by atoms with Gasteiger partial charge in [-0.15, -0.1) is 6.58 Å². The predicted molar refractivity (Wildman–Crippen MR) is 102 cm³/mol. The van der Waals surface area contributed by atoms with E-state index in [0.29, 0.717) is 23.8 Å². The molecule has 2 rings (SSSR count). The molecular formula is C20H24N2O4. The summed E-state index contributed by atoms with van der Waals surface area (Å²) >= 11 is 0. The summed E-state index contributed by atoms with van der Waals surface area (Å²) in [6.45, 7) is 5.80. The summed E-state index contributed by atoms with van der Waals surface area (Å²) in [7, 11) is 3.19. The van der Waals surface area contributed by atoms with Gasteiger partial charge in [0, 0.05) is 18.3 Å². The van der Waals surface area contributed by atoms with E-state index in [4.69, 9.17) is 14.2 Å². The van der Waals surface area contributed by atoms with Gasteiger partial charge in [0.15, 0.2) is 11.5 Å². The van der Waals surface area contributed by atoms with Crippen molar-refractivity contribution < 1.29 is 19.0 Å². The second kappa shape index (κ2) is 9.36. The van der Waals surface area contributed by atoms with Gasteiger partial charge < -0.3 is 24.8 Å². The van der Waals surface area contributed by atoms with Crippen LogP contribution in [0.3, 0.4) is 0 Å². The van der Waals surface area contributed by atoms with Crippen molar-refractivity contribution in [2.75, 3.05) is 26.1 Å². The Morgan fingerprint density at radius 3 is 2.38 bits per heavy atom. The molecule has 0 aliphatic carbocycles. The maximum absolute atomic E-state index is 12.0. The minimum atomic E-state index is -0.405. The summed E-state index contributed by atoms with van der Waals surface area (Å²) in [5, 5.41) is 5.90. The molecule has 0 aliphatic rings. The van der Waals surface area contributed by atoms with Gasteiger partial charge in [0.25, 0.3) is 0 Å². The lowest BCUT2D eigenvalue weighted by Crippen LogP contribution is -2.37. The van der Waals surface area contributed by atoms with Crippen LogP contribution in [0.5, 0.6) is 23.0 Å². The molecule has 2 aromatic rings. The molecule has 0 spiro atoms. The molecule has 6 heteroatoms. The molecule has 1 unspecified atom stereocenters. The Balaban J connectivity index is 2.13. The molecule has 6 nitrogen and oxygen atoms in total. The fraction of sp³-hybridized carbons (Fsp3) is 0.250. The van der Waals surface area contributed by atoms with Crippen LogP contribution in [-0.2, 0) is 4.79 Å². The Labute approximate surface area is 153 Å². The summed E-state index contributed by atoms with van der Waals surface area (Å²) in [5.74, 6) is 2.42. The largest absolute Gasteiger partial charge is 0.497 e. The molecule has 1 amide bonds. The van der Waals surface area contributed by atoms with Gasteiger partial charge in [-0.1, -0.05) is 6.08 Å². The first-order valence-electron chi connectivity index (χ1n) is 8.22. The minimum absolute atomic E-state index is 0.113. The Morgan fingerprint density at radius 1 is 1.08 bits per heavy atom. The highest BCUT2D eigenvalue weighted by Crippen LogP contribution is 2.34. The van der Waals surface area contributed by atoms with E-state index in [1.54, 1.807) is 39.4 Å². The molecule has 2 aromatic carbocycles. The standard InChI is InChI=1S/C20H24N2O4/c1-5-12-21-20(23)14(2)22-15-6-11-18(25-4)19(13-15)26-17-9-7-16(24-3)8-10-17/h5-11,13-14,22H,1,12H2,2-4H3,(H,21,23). The number of methoxy groups -OCH3 is 2. The Hall–Kier alpha value is -3.15. The van der Waals surface area contributed by atoms with Gasteiger partial charge >= 0.3 is 0 Å². The topological polar surface area (TPSA) is 68.8 Å². The van der Waals surface area contributed by atoms with E-state index < -0.39 is 6.04 Å². The van der Waals surface area contributed by atoms with Crippen molar-refractivity contribution in [3.8, 4) is 23.0 Å². The third-order valence-corrected chi connectivity index (χ3v) is 3.65. The molecule has 0 heterocycles. The van der Waals surface area contributed by atoms with Gasteiger partial charge in [-0.05, 0) is 43.3 Å². The van der Waals surface area contributed by atoms with Gasteiger partial charge in [-0.3, -0.25) is 4.79 Å². The highest BCUT2D eigenvalue weighted by molar-refractivity contribution is 5.84.